The lowest BCUT2D eigenvalue weighted by Crippen LogP contribution is -2.43. The minimum atomic E-state index is 0.0564. The fourth-order valence-electron chi connectivity index (χ4n) is 3.96. The van der Waals surface area contributed by atoms with Crippen molar-refractivity contribution in [1.29, 1.82) is 0 Å². The number of amides is 1. The van der Waals surface area contributed by atoms with Gasteiger partial charge in [0.1, 0.15) is 5.76 Å². The molecule has 0 spiro atoms. The van der Waals surface area contributed by atoms with Gasteiger partial charge < -0.3 is 9.32 Å². The van der Waals surface area contributed by atoms with Gasteiger partial charge in [-0.3, -0.25) is 9.69 Å². The Kier molecular flexibility index (Phi) is 5.31. The first-order valence-electron chi connectivity index (χ1n) is 9.77. The SMILES string of the molecule is CC(c1ccco1)N(C)CC(=O)N1Cc2ccccc2C(c2ccccc2)C1. The number of carbonyl (C=O) groups excluding carboxylic acids is 1. The first kappa shape index (κ1) is 18.5. The number of furan rings is 1. The average molecular weight is 374 g/mol. The molecule has 2 atom stereocenters. The molecule has 0 radical (unpaired) electrons. The molecule has 4 heteroatoms. The van der Waals surface area contributed by atoms with Crippen molar-refractivity contribution in [2.45, 2.75) is 25.4 Å². The molecule has 0 aliphatic carbocycles. The molecule has 2 aromatic carbocycles. The van der Waals surface area contributed by atoms with Crippen molar-refractivity contribution in [3.8, 4) is 0 Å². The van der Waals surface area contributed by atoms with Gasteiger partial charge >= 0.3 is 0 Å². The van der Waals surface area contributed by atoms with E-state index >= 15 is 0 Å². The number of likely N-dealkylation sites (N-methyl/N-ethyl adjacent to an activating group) is 1. The molecule has 3 aromatic rings. The van der Waals surface area contributed by atoms with Gasteiger partial charge in [-0.25, -0.2) is 0 Å². The molecular weight excluding hydrogens is 348 g/mol. The molecule has 4 nitrogen and oxygen atoms in total. The summed E-state index contributed by atoms with van der Waals surface area (Å²) in [4.78, 5) is 17.2. The van der Waals surface area contributed by atoms with Crippen molar-refractivity contribution in [2.24, 2.45) is 0 Å². The average Bonchev–Trinajstić information content (AvgIpc) is 3.27. The Hall–Kier alpha value is -2.85. The lowest BCUT2D eigenvalue weighted by molar-refractivity contribution is -0.133. The summed E-state index contributed by atoms with van der Waals surface area (Å²) in [6.45, 7) is 3.81. The van der Waals surface area contributed by atoms with E-state index in [4.69, 9.17) is 4.42 Å². The van der Waals surface area contributed by atoms with E-state index in [0.717, 1.165) is 5.76 Å². The molecule has 4 rings (SSSR count). The quantitative estimate of drug-likeness (QED) is 0.662. The van der Waals surface area contributed by atoms with Crippen LogP contribution in [0.3, 0.4) is 0 Å². The van der Waals surface area contributed by atoms with Crippen LogP contribution < -0.4 is 0 Å². The lowest BCUT2D eigenvalue weighted by atomic mass is 9.84. The second-order valence-corrected chi connectivity index (χ2v) is 7.54. The smallest absolute Gasteiger partial charge is 0.237 e. The molecule has 1 aliphatic rings. The van der Waals surface area contributed by atoms with Crippen molar-refractivity contribution < 1.29 is 9.21 Å². The predicted octanol–water partition coefficient (Wildman–Crippen LogP) is 4.45. The summed E-state index contributed by atoms with van der Waals surface area (Å²) in [6.07, 6.45) is 1.67. The third kappa shape index (κ3) is 3.73. The molecule has 2 unspecified atom stereocenters. The highest BCUT2D eigenvalue weighted by molar-refractivity contribution is 5.79. The predicted molar refractivity (Wildman–Crippen MR) is 110 cm³/mol. The van der Waals surface area contributed by atoms with Gasteiger partial charge in [-0.2, -0.15) is 0 Å². The fraction of sp³-hybridized carbons (Fsp3) is 0.292. The largest absolute Gasteiger partial charge is 0.468 e. The van der Waals surface area contributed by atoms with Gasteiger partial charge in [0.2, 0.25) is 5.91 Å². The Bertz CT molecular complexity index is 921. The Balaban J connectivity index is 1.53. The van der Waals surface area contributed by atoms with Crippen LogP contribution in [0.25, 0.3) is 0 Å². The third-order valence-electron chi connectivity index (χ3n) is 5.75. The maximum absolute atomic E-state index is 13.1. The second kappa shape index (κ2) is 8.03. The van der Waals surface area contributed by atoms with E-state index in [1.807, 2.05) is 35.0 Å². The van der Waals surface area contributed by atoms with Crippen LogP contribution in [-0.4, -0.2) is 35.8 Å². The summed E-state index contributed by atoms with van der Waals surface area (Å²) in [5.41, 5.74) is 3.82. The van der Waals surface area contributed by atoms with E-state index in [-0.39, 0.29) is 17.9 Å². The highest BCUT2D eigenvalue weighted by atomic mass is 16.3. The monoisotopic (exact) mass is 374 g/mol. The molecule has 0 saturated carbocycles. The summed E-state index contributed by atoms with van der Waals surface area (Å²) in [5, 5.41) is 0. The number of hydrogen-bond acceptors (Lipinski definition) is 3. The summed E-state index contributed by atoms with van der Waals surface area (Å²) in [5.74, 6) is 1.24. The molecular formula is C24H26N2O2. The van der Waals surface area contributed by atoms with Crippen LogP contribution in [0.15, 0.2) is 77.4 Å². The standard InChI is InChI=1S/C24H26N2O2/c1-18(23-13-8-14-28-23)25(2)17-24(27)26-15-20-11-6-7-12-21(20)22(16-26)19-9-4-3-5-10-19/h3-14,18,22H,15-17H2,1-2H3. The molecule has 1 aromatic heterocycles. The first-order chi connectivity index (χ1) is 13.6. The fourth-order valence-corrected chi connectivity index (χ4v) is 3.96. The van der Waals surface area contributed by atoms with E-state index in [1.165, 1.54) is 16.7 Å². The van der Waals surface area contributed by atoms with Crippen LogP contribution in [0.5, 0.6) is 0 Å². The highest BCUT2D eigenvalue weighted by Gasteiger charge is 2.30. The minimum absolute atomic E-state index is 0.0564. The van der Waals surface area contributed by atoms with Gasteiger partial charge in [-0.1, -0.05) is 54.6 Å². The molecule has 2 heterocycles. The van der Waals surface area contributed by atoms with Crippen LogP contribution in [0.2, 0.25) is 0 Å². The van der Waals surface area contributed by atoms with Crippen LogP contribution in [0.1, 0.15) is 41.3 Å². The van der Waals surface area contributed by atoms with Crippen molar-refractivity contribution >= 4 is 5.91 Å². The van der Waals surface area contributed by atoms with Gasteiger partial charge in [0, 0.05) is 19.0 Å². The van der Waals surface area contributed by atoms with Crippen molar-refractivity contribution in [2.75, 3.05) is 20.1 Å². The summed E-state index contributed by atoms with van der Waals surface area (Å²) in [7, 11) is 1.97. The molecule has 1 amide bonds. The summed E-state index contributed by atoms with van der Waals surface area (Å²) >= 11 is 0. The zero-order valence-corrected chi connectivity index (χ0v) is 16.4. The van der Waals surface area contributed by atoms with E-state index < -0.39 is 0 Å². The van der Waals surface area contributed by atoms with Crippen molar-refractivity contribution in [3.05, 3.63) is 95.4 Å². The number of rotatable bonds is 5. The maximum atomic E-state index is 13.1. The molecule has 0 bridgehead atoms. The molecule has 0 N–H and O–H groups in total. The second-order valence-electron chi connectivity index (χ2n) is 7.54. The normalized spacial score (nSPS) is 17.4. The van der Waals surface area contributed by atoms with Crippen molar-refractivity contribution in [3.63, 3.8) is 0 Å². The van der Waals surface area contributed by atoms with Gasteiger partial charge in [-0.05, 0) is 42.8 Å². The Morgan fingerprint density at radius 2 is 1.86 bits per heavy atom. The molecule has 0 saturated heterocycles. The number of fused-ring (bicyclic) bond motifs is 1. The number of carbonyl (C=O) groups is 1. The first-order valence-corrected chi connectivity index (χ1v) is 9.77. The van der Waals surface area contributed by atoms with Crippen LogP contribution in [0.4, 0.5) is 0 Å². The number of nitrogens with zero attached hydrogens (tertiary/aromatic N) is 2. The van der Waals surface area contributed by atoms with E-state index in [2.05, 4.69) is 55.5 Å². The van der Waals surface area contributed by atoms with Crippen LogP contribution in [-0.2, 0) is 11.3 Å². The lowest BCUT2D eigenvalue weighted by Gasteiger charge is -2.36. The Morgan fingerprint density at radius 1 is 1.11 bits per heavy atom. The molecule has 0 fully saturated rings. The number of benzene rings is 2. The van der Waals surface area contributed by atoms with Crippen molar-refractivity contribution in [1.82, 2.24) is 9.80 Å². The maximum Gasteiger partial charge on any atom is 0.237 e. The molecule has 144 valence electrons. The van der Waals surface area contributed by atoms with Gasteiger partial charge in [-0.15, -0.1) is 0 Å². The van der Waals surface area contributed by atoms with Crippen LogP contribution in [0, 0.1) is 0 Å². The van der Waals surface area contributed by atoms with Crippen LogP contribution >= 0.6 is 0 Å². The highest BCUT2D eigenvalue weighted by Crippen LogP contribution is 2.33. The summed E-state index contributed by atoms with van der Waals surface area (Å²) < 4.78 is 5.50. The Morgan fingerprint density at radius 3 is 2.61 bits per heavy atom. The van der Waals surface area contributed by atoms with Gasteiger partial charge in [0.05, 0.1) is 18.8 Å². The third-order valence-corrected chi connectivity index (χ3v) is 5.75. The number of hydrogen-bond donors (Lipinski definition) is 0. The van der Waals surface area contributed by atoms with Gasteiger partial charge in [0.25, 0.3) is 0 Å². The molecule has 28 heavy (non-hydrogen) atoms. The molecule has 1 aliphatic heterocycles. The zero-order valence-electron chi connectivity index (χ0n) is 16.4. The topological polar surface area (TPSA) is 36.7 Å². The van der Waals surface area contributed by atoms with E-state index in [9.17, 15) is 4.79 Å². The van der Waals surface area contributed by atoms with E-state index in [0.29, 0.717) is 19.6 Å². The zero-order chi connectivity index (χ0) is 19.5. The Labute approximate surface area is 166 Å². The van der Waals surface area contributed by atoms with Gasteiger partial charge in [0.15, 0.2) is 0 Å². The van der Waals surface area contributed by atoms with E-state index in [1.54, 1.807) is 6.26 Å². The minimum Gasteiger partial charge on any atom is -0.468 e. The summed E-state index contributed by atoms with van der Waals surface area (Å²) in [6, 6.07) is 22.8.